The molecular weight excluding hydrogens is 230 g/mol. The van der Waals surface area contributed by atoms with E-state index in [0.717, 1.165) is 30.6 Å². The van der Waals surface area contributed by atoms with Crippen molar-refractivity contribution in [3.8, 4) is 0 Å². The summed E-state index contributed by atoms with van der Waals surface area (Å²) in [5.74, 6) is 2.12. The molecule has 0 aliphatic heterocycles. The monoisotopic (exact) mass is 259 g/mol. The van der Waals surface area contributed by atoms with E-state index in [1.54, 1.807) is 0 Å². The van der Waals surface area contributed by atoms with E-state index in [2.05, 4.69) is 30.9 Å². The maximum Gasteiger partial charge on any atom is 0.0584 e. The smallest absolute Gasteiger partial charge is 0.0584 e. The number of thioether (sulfide) groups is 1. The lowest BCUT2D eigenvalue weighted by Crippen LogP contribution is -2.33. The molecule has 0 radical (unpaired) electrons. The quantitative estimate of drug-likeness (QED) is 0.703. The lowest BCUT2D eigenvalue weighted by molar-refractivity contribution is 0.240. The number of nitrogens with one attached hydrogen (secondary N) is 1. The molecule has 17 heavy (non-hydrogen) atoms. The Hall–Kier alpha value is 0.270. The topological polar surface area (TPSA) is 32.3 Å². The highest BCUT2D eigenvalue weighted by molar-refractivity contribution is 7.99. The molecule has 1 saturated carbocycles. The fourth-order valence-electron chi connectivity index (χ4n) is 2.51. The molecule has 1 rings (SSSR count). The Morgan fingerprint density at radius 3 is 2.88 bits per heavy atom. The zero-order valence-electron chi connectivity index (χ0n) is 11.5. The first-order chi connectivity index (χ1) is 8.26. The summed E-state index contributed by atoms with van der Waals surface area (Å²) in [5, 5.41) is 13.5. The van der Waals surface area contributed by atoms with Crippen LogP contribution >= 0.6 is 11.8 Å². The molecular formula is C14H29NOS. The van der Waals surface area contributed by atoms with E-state index >= 15 is 0 Å². The van der Waals surface area contributed by atoms with Crippen LogP contribution in [0.2, 0.25) is 0 Å². The van der Waals surface area contributed by atoms with Gasteiger partial charge >= 0.3 is 0 Å². The van der Waals surface area contributed by atoms with Crippen LogP contribution < -0.4 is 5.32 Å². The van der Waals surface area contributed by atoms with Crippen molar-refractivity contribution in [2.45, 2.75) is 63.7 Å². The minimum Gasteiger partial charge on any atom is -0.395 e. The summed E-state index contributed by atoms with van der Waals surface area (Å²) in [4.78, 5) is 0. The summed E-state index contributed by atoms with van der Waals surface area (Å²) in [7, 11) is 0. The Balaban J connectivity index is 2.08. The van der Waals surface area contributed by atoms with Crippen LogP contribution in [0.1, 0.15) is 52.4 Å². The van der Waals surface area contributed by atoms with Gasteiger partial charge in [0.15, 0.2) is 0 Å². The SMILES string of the molecule is CCCNC(CO)CCSC1CCCC(C)C1. The van der Waals surface area contributed by atoms with E-state index < -0.39 is 0 Å². The van der Waals surface area contributed by atoms with E-state index in [-0.39, 0.29) is 6.61 Å². The zero-order valence-corrected chi connectivity index (χ0v) is 12.3. The molecule has 0 spiro atoms. The minimum atomic E-state index is 0.279. The Labute approximate surface area is 111 Å². The zero-order chi connectivity index (χ0) is 12.5. The second kappa shape index (κ2) is 9.23. The highest BCUT2D eigenvalue weighted by atomic mass is 32.2. The third-order valence-corrected chi connectivity index (χ3v) is 4.98. The summed E-state index contributed by atoms with van der Waals surface area (Å²) in [5.41, 5.74) is 0. The maximum absolute atomic E-state index is 9.26. The molecule has 0 aromatic rings. The summed E-state index contributed by atoms with van der Waals surface area (Å²) in [6, 6.07) is 0.309. The fourth-order valence-corrected chi connectivity index (χ4v) is 4.07. The van der Waals surface area contributed by atoms with Crippen LogP contribution in [0.5, 0.6) is 0 Å². The van der Waals surface area contributed by atoms with Crippen LogP contribution in [0.3, 0.4) is 0 Å². The predicted octanol–water partition coefficient (Wildman–Crippen LogP) is 3.05. The summed E-state index contributed by atoms with van der Waals surface area (Å²) < 4.78 is 0. The van der Waals surface area contributed by atoms with Crippen molar-refractivity contribution in [3.05, 3.63) is 0 Å². The molecule has 0 bridgehead atoms. The Bertz CT molecular complexity index is 189. The van der Waals surface area contributed by atoms with Gasteiger partial charge in [-0.3, -0.25) is 0 Å². The molecule has 0 aromatic carbocycles. The maximum atomic E-state index is 9.26. The molecule has 2 nitrogen and oxygen atoms in total. The van der Waals surface area contributed by atoms with Gasteiger partial charge in [-0.25, -0.2) is 0 Å². The Morgan fingerprint density at radius 1 is 1.41 bits per heavy atom. The van der Waals surface area contributed by atoms with Crippen LogP contribution in [0, 0.1) is 5.92 Å². The molecule has 3 heteroatoms. The highest BCUT2D eigenvalue weighted by Gasteiger charge is 2.19. The second-order valence-corrected chi connectivity index (χ2v) is 6.80. The van der Waals surface area contributed by atoms with Crippen molar-refractivity contribution in [1.29, 1.82) is 0 Å². The van der Waals surface area contributed by atoms with Crippen molar-refractivity contribution < 1.29 is 5.11 Å². The lowest BCUT2D eigenvalue weighted by Gasteiger charge is -2.26. The Morgan fingerprint density at radius 2 is 2.24 bits per heavy atom. The van der Waals surface area contributed by atoms with E-state index in [4.69, 9.17) is 0 Å². The third-order valence-electron chi connectivity index (χ3n) is 3.61. The molecule has 2 N–H and O–H groups in total. The van der Waals surface area contributed by atoms with Crippen LogP contribution in [0.15, 0.2) is 0 Å². The van der Waals surface area contributed by atoms with Gasteiger partial charge in [-0.05, 0) is 43.9 Å². The molecule has 0 amide bonds. The van der Waals surface area contributed by atoms with Crippen molar-refractivity contribution in [1.82, 2.24) is 5.32 Å². The van der Waals surface area contributed by atoms with Gasteiger partial charge in [0, 0.05) is 11.3 Å². The van der Waals surface area contributed by atoms with Gasteiger partial charge < -0.3 is 10.4 Å². The lowest BCUT2D eigenvalue weighted by atomic mass is 9.91. The van der Waals surface area contributed by atoms with Crippen LogP contribution in [0.4, 0.5) is 0 Å². The van der Waals surface area contributed by atoms with Crippen molar-refractivity contribution in [2.75, 3.05) is 18.9 Å². The highest BCUT2D eigenvalue weighted by Crippen LogP contribution is 2.32. The summed E-state index contributed by atoms with van der Waals surface area (Å²) in [6.45, 7) is 5.85. The van der Waals surface area contributed by atoms with Gasteiger partial charge in [0.2, 0.25) is 0 Å². The van der Waals surface area contributed by atoms with Gasteiger partial charge in [-0.1, -0.05) is 26.7 Å². The molecule has 1 aliphatic rings. The van der Waals surface area contributed by atoms with Crippen LogP contribution in [0.25, 0.3) is 0 Å². The first kappa shape index (κ1) is 15.3. The Kier molecular flexibility index (Phi) is 8.33. The number of hydrogen-bond donors (Lipinski definition) is 2. The van der Waals surface area contributed by atoms with E-state index in [1.165, 1.54) is 31.4 Å². The van der Waals surface area contributed by atoms with Crippen LogP contribution in [-0.4, -0.2) is 35.3 Å². The van der Waals surface area contributed by atoms with Crippen molar-refractivity contribution >= 4 is 11.8 Å². The van der Waals surface area contributed by atoms with Crippen molar-refractivity contribution in [3.63, 3.8) is 0 Å². The minimum absolute atomic E-state index is 0.279. The van der Waals surface area contributed by atoms with Gasteiger partial charge in [0.05, 0.1) is 6.61 Å². The molecule has 0 saturated heterocycles. The molecule has 3 unspecified atom stereocenters. The van der Waals surface area contributed by atoms with E-state index in [1.807, 2.05) is 0 Å². The standard InChI is InChI=1S/C14H29NOS/c1-3-8-15-13(11-16)7-9-17-14-6-4-5-12(2)10-14/h12-16H,3-11H2,1-2H3. The number of rotatable bonds is 8. The first-order valence-electron chi connectivity index (χ1n) is 7.22. The normalized spacial score (nSPS) is 27.0. The first-order valence-corrected chi connectivity index (χ1v) is 8.27. The predicted molar refractivity (Wildman–Crippen MR) is 77.7 cm³/mol. The van der Waals surface area contributed by atoms with Gasteiger partial charge in [-0.15, -0.1) is 0 Å². The van der Waals surface area contributed by atoms with Crippen LogP contribution in [-0.2, 0) is 0 Å². The van der Waals surface area contributed by atoms with E-state index in [0.29, 0.717) is 6.04 Å². The molecule has 1 aliphatic carbocycles. The van der Waals surface area contributed by atoms with Gasteiger partial charge in [0.25, 0.3) is 0 Å². The van der Waals surface area contributed by atoms with Gasteiger partial charge in [0.1, 0.15) is 0 Å². The second-order valence-electron chi connectivity index (χ2n) is 5.39. The molecule has 0 aromatic heterocycles. The molecule has 3 atom stereocenters. The summed E-state index contributed by atoms with van der Waals surface area (Å²) in [6.07, 6.45) is 7.89. The molecule has 102 valence electrons. The number of aliphatic hydroxyl groups is 1. The number of hydrogen-bond acceptors (Lipinski definition) is 3. The van der Waals surface area contributed by atoms with E-state index in [9.17, 15) is 5.11 Å². The summed E-state index contributed by atoms with van der Waals surface area (Å²) >= 11 is 2.13. The largest absolute Gasteiger partial charge is 0.395 e. The fraction of sp³-hybridized carbons (Fsp3) is 1.00. The molecule has 1 fully saturated rings. The van der Waals surface area contributed by atoms with Gasteiger partial charge in [-0.2, -0.15) is 11.8 Å². The average Bonchev–Trinajstić information content (AvgIpc) is 2.33. The third kappa shape index (κ3) is 6.68. The molecule has 0 heterocycles. The van der Waals surface area contributed by atoms with Crippen molar-refractivity contribution in [2.24, 2.45) is 5.92 Å². The average molecular weight is 259 g/mol. The number of aliphatic hydroxyl groups excluding tert-OH is 1.